The molecule has 0 saturated heterocycles. The molecule has 0 aliphatic rings. The maximum atomic E-state index is 13.4. The SMILES string of the molecule is CCc1nc2ccc(C(=O)Nc3cc(-c4ccccc4)ccc3OC)cn2c1N(C)Cc1cccs1. The summed E-state index contributed by atoms with van der Waals surface area (Å²) in [5.74, 6) is 1.40. The van der Waals surface area contributed by atoms with Gasteiger partial charge in [-0.25, -0.2) is 4.98 Å². The van der Waals surface area contributed by atoms with Gasteiger partial charge in [-0.3, -0.25) is 9.20 Å². The van der Waals surface area contributed by atoms with Gasteiger partial charge in [0.15, 0.2) is 0 Å². The van der Waals surface area contributed by atoms with Gasteiger partial charge in [-0.05, 0) is 53.3 Å². The smallest absolute Gasteiger partial charge is 0.257 e. The molecule has 0 atom stereocenters. The zero-order valence-corrected chi connectivity index (χ0v) is 21.4. The number of thiophene rings is 1. The summed E-state index contributed by atoms with van der Waals surface area (Å²) < 4.78 is 7.54. The van der Waals surface area contributed by atoms with Crippen LogP contribution in [0.3, 0.4) is 0 Å². The van der Waals surface area contributed by atoms with Gasteiger partial charge in [0.25, 0.3) is 5.91 Å². The van der Waals surface area contributed by atoms with Crippen LogP contribution in [0.15, 0.2) is 84.4 Å². The predicted molar refractivity (Wildman–Crippen MR) is 147 cm³/mol. The molecule has 36 heavy (non-hydrogen) atoms. The molecule has 1 N–H and O–H groups in total. The van der Waals surface area contributed by atoms with Crippen molar-refractivity contribution < 1.29 is 9.53 Å². The maximum absolute atomic E-state index is 13.4. The molecule has 5 aromatic rings. The molecule has 0 fully saturated rings. The predicted octanol–water partition coefficient (Wildman–Crippen LogP) is 6.52. The molecule has 2 aromatic carbocycles. The van der Waals surface area contributed by atoms with Gasteiger partial charge >= 0.3 is 0 Å². The van der Waals surface area contributed by atoms with Gasteiger partial charge in [0.2, 0.25) is 0 Å². The highest BCUT2D eigenvalue weighted by atomic mass is 32.1. The van der Waals surface area contributed by atoms with E-state index in [9.17, 15) is 4.79 Å². The van der Waals surface area contributed by atoms with E-state index in [0.717, 1.165) is 41.3 Å². The molecule has 6 nitrogen and oxygen atoms in total. The standard InChI is InChI=1S/C29H28N4O2S/c1-4-24-29(32(2)19-23-11-8-16-36-23)33-18-22(13-15-27(33)30-24)28(34)31-25-17-21(12-14-26(25)35-3)20-9-6-5-7-10-20/h5-18H,4,19H2,1-3H3,(H,31,34). The van der Waals surface area contributed by atoms with Gasteiger partial charge in [0.05, 0.1) is 30.6 Å². The molecule has 182 valence electrons. The van der Waals surface area contributed by atoms with E-state index in [4.69, 9.17) is 9.72 Å². The van der Waals surface area contributed by atoms with E-state index in [2.05, 4.69) is 41.7 Å². The molecule has 0 saturated carbocycles. The lowest BCUT2D eigenvalue weighted by Crippen LogP contribution is -2.19. The van der Waals surface area contributed by atoms with E-state index in [0.29, 0.717) is 17.0 Å². The molecule has 0 spiro atoms. The van der Waals surface area contributed by atoms with Crippen LogP contribution in [0.5, 0.6) is 5.75 Å². The van der Waals surface area contributed by atoms with Crippen molar-refractivity contribution in [3.63, 3.8) is 0 Å². The van der Waals surface area contributed by atoms with Crippen LogP contribution in [0, 0.1) is 0 Å². The van der Waals surface area contributed by atoms with Gasteiger partial charge in [-0.1, -0.05) is 49.4 Å². The van der Waals surface area contributed by atoms with E-state index in [1.165, 1.54) is 4.88 Å². The fraction of sp³-hybridized carbons (Fsp3) is 0.172. The zero-order chi connectivity index (χ0) is 25.1. The lowest BCUT2D eigenvalue weighted by atomic mass is 10.0. The first-order chi connectivity index (χ1) is 17.6. The van der Waals surface area contributed by atoms with Crippen LogP contribution in [-0.4, -0.2) is 29.4 Å². The van der Waals surface area contributed by atoms with Crippen LogP contribution in [0.4, 0.5) is 11.5 Å². The molecule has 0 radical (unpaired) electrons. The number of nitrogens with zero attached hydrogens (tertiary/aromatic N) is 3. The number of methoxy groups -OCH3 is 1. The lowest BCUT2D eigenvalue weighted by molar-refractivity contribution is 0.102. The molecule has 5 rings (SSSR count). The first-order valence-electron chi connectivity index (χ1n) is 11.9. The number of carbonyl (C=O) groups excluding carboxylic acids is 1. The highest BCUT2D eigenvalue weighted by Gasteiger charge is 2.18. The Hall–Kier alpha value is -4.10. The molecular formula is C29H28N4O2S. The second-order valence-electron chi connectivity index (χ2n) is 8.55. The number of anilines is 2. The molecule has 3 heterocycles. The van der Waals surface area contributed by atoms with Crippen molar-refractivity contribution in [2.24, 2.45) is 0 Å². The largest absolute Gasteiger partial charge is 0.495 e. The number of rotatable bonds is 8. The molecular weight excluding hydrogens is 468 g/mol. The van der Waals surface area contributed by atoms with E-state index in [-0.39, 0.29) is 5.91 Å². The Morgan fingerprint density at radius 3 is 2.61 bits per heavy atom. The number of hydrogen-bond donors (Lipinski definition) is 1. The summed E-state index contributed by atoms with van der Waals surface area (Å²) in [4.78, 5) is 21.7. The minimum atomic E-state index is -0.209. The second kappa shape index (κ2) is 10.3. The summed E-state index contributed by atoms with van der Waals surface area (Å²) in [6.07, 6.45) is 2.67. The van der Waals surface area contributed by atoms with Crippen LogP contribution in [0.2, 0.25) is 0 Å². The molecule has 3 aromatic heterocycles. The molecule has 0 bridgehead atoms. The number of amides is 1. The Labute approximate surface area is 214 Å². The number of fused-ring (bicyclic) bond motifs is 1. The lowest BCUT2D eigenvalue weighted by Gasteiger charge is -2.19. The summed E-state index contributed by atoms with van der Waals surface area (Å²) in [6, 6.07) is 23.8. The van der Waals surface area contributed by atoms with Gasteiger partial charge in [-0.15, -0.1) is 11.3 Å². The summed E-state index contributed by atoms with van der Waals surface area (Å²) in [5, 5.41) is 5.13. The summed E-state index contributed by atoms with van der Waals surface area (Å²) >= 11 is 1.73. The molecule has 0 aliphatic heterocycles. The Morgan fingerprint density at radius 1 is 1.06 bits per heavy atom. The number of hydrogen-bond acceptors (Lipinski definition) is 5. The first kappa shape index (κ1) is 23.6. The van der Waals surface area contributed by atoms with Crippen molar-refractivity contribution in [3.05, 3.63) is 101 Å². The number of benzene rings is 2. The third kappa shape index (κ3) is 4.70. The summed E-state index contributed by atoms with van der Waals surface area (Å²) in [6.45, 7) is 2.88. The summed E-state index contributed by atoms with van der Waals surface area (Å²) in [7, 11) is 3.67. The quantitative estimate of drug-likeness (QED) is 0.266. The van der Waals surface area contributed by atoms with E-state index < -0.39 is 0 Å². The molecule has 0 unspecified atom stereocenters. The molecule has 7 heteroatoms. The summed E-state index contributed by atoms with van der Waals surface area (Å²) in [5.41, 5.74) is 5.06. The topological polar surface area (TPSA) is 58.9 Å². The normalized spacial score (nSPS) is 11.0. The number of pyridine rings is 1. The van der Waals surface area contributed by atoms with Crippen LogP contribution in [-0.2, 0) is 13.0 Å². The van der Waals surface area contributed by atoms with Gasteiger partial charge < -0.3 is 15.0 Å². The highest BCUT2D eigenvalue weighted by Crippen LogP contribution is 2.31. The Bertz CT molecular complexity index is 1490. The average Bonchev–Trinajstić information content (AvgIpc) is 3.56. The number of aromatic nitrogens is 2. The van der Waals surface area contributed by atoms with E-state index in [1.807, 2.05) is 71.3 Å². The molecule has 1 amide bonds. The third-order valence-corrected chi connectivity index (χ3v) is 7.01. The number of imidazole rings is 1. The third-order valence-electron chi connectivity index (χ3n) is 6.15. The van der Waals surface area contributed by atoms with Crippen LogP contribution in [0.25, 0.3) is 16.8 Å². The van der Waals surface area contributed by atoms with Crippen LogP contribution >= 0.6 is 11.3 Å². The number of aryl methyl sites for hydroxylation is 1. The van der Waals surface area contributed by atoms with Gasteiger partial charge in [-0.2, -0.15) is 0 Å². The average molecular weight is 497 g/mol. The monoisotopic (exact) mass is 496 g/mol. The van der Waals surface area contributed by atoms with Gasteiger partial charge in [0, 0.05) is 18.1 Å². The number of nitrogens with one attached hydrogen (secondary N) is 1. The van der Waals surface area contributed by atoms with Crippen molar-refractivity contribution in [1.29, 1.82) is 0 Å². The van der Waals surface area contributed by atoms with Crippen molar-refractivity contribution in [2.45, 2.75) is 19.9 Å². The van der Waals surface area contributed by atoms with Crippen molar-refractivity contribution in [2.75, 3.05) is 24.4 Å². The van der Waals surface area contributed by atoms with E-state index >= 15 is 0 Å². The van der Waals surface area contributed by atoms with Crippen LogP contribution < -0.4 is 15.0 Å². The minimum Gasteiger partial charge on any atom is -0.495 e. The second-order valence-corrected chi connectivity index (χ2v) is 9.58. The Morgan fingerprint density at radius 2 is 1.89 bits per heavy atom. The highest BCUT2D eigenvalue weighted by molar-refractivity contribution is 7.09. The van der Waals surface area contributed by atoms with Crippen molar-refractivity contribution in [1.82, 2.24) is 9.38 Å². The Kier molecular flexibility index (Phi) is 6.73. The zero-order valence-electron chi connectivity index (χ0n) is 20.6. The molecule has 0 aliphatic carbocycles. The van der Waals surface area contributed by atoms with Crippen molar-refractivity contribution >= 4 is 34.4 Å². The Balaban J connectivity index is 1.47. The maximum Gasteiger partial charge on any atom is 0.257 e. The number of ether oxygens (including phenoxy) is 1. The minimum absolute atomic E-state index is 0.209. The van der Waals surface area contributed by atoms with Crippen molar-refractivity contribution in [3.8, 4) is 16.9 Å². The van der Waals surface area contributed by atoms with Gasteiger partial charge in [0.1, 0.15) is 17.2 Å². The number of carbonyl (C=O) groups is 1. The fourth-order valence-corrected chi connectivity index (χ4v) is 5.14. The van der Waals surface area contributed by atoms with Crippen LogP contribution in [0.1, 0.15) is 27.9 Å². The first-order valence-corrected chi connectivity index (χ1v) is 12.7. The van der Waals surface area contributed by atoms with E-state index in [1.54, 1.807) is 18.4 Å². The fourth-order valence-electron chi connectivity index (χ4n) is 4.38.